The maximum atomic E-state index is 12.9. The predicted molar refractivity (Wildman–Crippen MR) is 98.8 cm³/mol. The second-order valence-electron chi connectivity index (χ2n) is 7.38. The summed E-state index contributed by atoms with van der Waals surface area (Å²) >= 11 is 0. The summed E-state index contributed by atoms with van der Waals surface area (Å²) in [4.78, 5) is 29.1. The van der Waals surface area contributed by atoms with E-state index in [1.54, 1.807) is 0 Å². The topological polar surface area (TPSA) is 52.7 Å². The third-order valence-corrected chi connectivity index (χ3v) is 5.38. The number of amides is 3. The summed E-state index contributed by atoms with van der Waals surface area (Å²) in [6, 6.07) is 6.37. The van der Waals surface area contributed by atoms with Gasteiger partial charge in [-0.2, -0.15) is 0 Å². The van der Waals surface area contributed by atoms with E-state index in [1.165, 1.54) is 12.8 Å². The van der Waals surface area contributed by atoms with Crippen molar-refractivity contribution in [1.29, 1.82) is 0 Å². The number of nitrogens with zero attached hydrogens (tertiary/aromatic N) is 2. The first kappa shape index (κ1) is 17.8. The maximum Gasteiger partial charge on any atom is 0.317 e. The van der Waals surface area contributed by atoms with Gasteiger partial charge in [0.25, 0.3) is 5.91 Å². The van der Waals surface area contributed by atoms with Crippen LogP contribution in [0.4, 0.5) is 4.79 Å². The molecule has 1 aromatic rings. The highest BCUT2D eigenvalue weighted by atomic mass is 16.2. The van der Waals surface area contributed by atoms with Crippen LogP contribution in [0.25, 0.3) is 0 Å². The van der Waals surface area contributed by atoms with Crippen LogP contribution in [0, 0.1) is 13.8 Å². The molecule has 3 rings (SSSR count). The number of aryl methyl sites for hydroxylation is 2. The Hall–Kier alpha value is -2.04. The van der Waals surface area contributed by atoms with Crippen molar-refractivity contribution in [1.82, 2.24) is 15.1 Å². The van der Waals surface area contributed by atoms with E-state index in [9.17, 15) is 9.59 Å². The molecule has 5 nitrogen and oxygen atoms in total. The van der Waals surface area contributed by atoms with Crippen LogP contribution in [0.15, 0.2) is 18.2 Å². The molecular formula is C20H29N3O2. The zero-order chi connectivity index (χ0) is 17.8. The van der Waals surface area contributed by atoms with Gasteiger partial charge in [-0.1, -0.05) is 30.5 Å². The Bertz CT molecular complexity index is 638. The van der Waals surface area contributed by atoms with Crippen molar-refractivity contribution in [2.45, 2.75) is 52.0 Å². The molecule has 1 aliphatic heterocycles. The summed E-state index contributed by atoms with van der Waals surface area (Å²) in [5, 5.41) is 3.15. The number of nitrogens with one attached hydrogen (secondary N) is 1. The molecule has 0 bridgehead atoms. The van der Waals surface area contributed by atoms with Gasteiger partial charge in [-0.3, -0.25) is 4.79 Å². The van der Waals surface area contributed by atoms with E-state index in [0.29, 0.717) is 25.7 Å². The van der Waals surface area contributed by atoms with Crippen LogP contribution in [0.5, 0.6) is 0 Å². The molecule has 1 heterocycles. The maximum absolute atomic E-state index is 12.9. The van der Waals surface area contributed by atoms with E-state index in [2.05, 4.69) is 5.32 Å². The van der Waals surface area contributed by atoms with Crippen molar-refractivity contribution in [3.63, 3.8) is 0 Å². The summed E-state index contributed by atoms with van der Waals surface area (Å²) < 4.78 is 0. The van der Waals surface area contributed by atoms with Gasteiger partial charge in [0.05, 0.1) is 0 Å². The van der Waals surface area contributed by atoms with E-state index in [4.69, 9.17) is 0 Å². The van der Waals surface area contributed by atoms with Crippen LogP contribution in [-0.4, -0.2) is 54.0 Å². The second-order valence-corrected chi connectivity index (χ2v) is 7.38. The van der Waals surface area contributed by atoms with Gasteiger partial charge >= 0.3 is 6.03 Å². The smallest absolute Gasteiger partial charge is 0.317 e. The van der Waals surface area contributed by atoms with Gasteiger partial charge < -0.3 is 15.1 Å². The number of hydrogen-bond donors (Lipinski definition) is 1. The van der Waals surface area contributed by atoms with E-state index in [1.807, 2.05) is 41.8 Å². The number of carbonyl (C=O) groups excluding carboxylic acids is 2. The van der Waals surface area contributed by atoms with Gasteiger partial charge in [-0.25, -0.2) is 4.79 Å². The lowest BCUT2D eigenvalue weighted by Crippen LogP contribution is -2.45. The molecule has 5 heteroatoms. The Morgan fingerprint density at radius 3 is 2.40 bits per heavy atom. The van der Waals surface area contributed by atoms with Crippen LogP contribution < -0.4 is 5.32 Å². The molecule has 2 fully saturated rings. The average molecular weight is 343 g/mol. The quantitative estimate of drug-likeness (QED) is 0.897. The van der Waals surface area contributed by atoms with Crippen molar-refractivity contribution in [2.75, 3.05) is 26.2 Å². The molecule has 0 spiro atoms. The standard InChI is InChI=1S/C20H29N3O2/c1-15-8-9-16(2)18(14-15)19(24)22-10-5-11-23(13-12-22)20(25)21-17-6-3-4-7-17/h8-9,14,17H,3-7,10-13H2,1-2H3,(H,21,25). The van der Waals surface area contributed by atoms with E-state index < -0.39 is 0 Å². The fourth-order valence-electron chi connectivity index (χ4n) is 3.80. The second kappa shape index (κ2) is 7.89. The molecule has 25 heavy (non-hydrogen) atoms. The molecule has 3 amide bonds. The first-order valence-corrected chi connectivity index (χ1v) is 9.46. The van der Waals surface area contributed by atoms with Gasteiger partial charge in [-0.15, -0.1) is 0 Å². The van der Waals surface area contributed by atoms with Gasteiger partial charge in [0, 0.05) is 37.8 Å². The minimum absolute atomic E-state index is 0.0351. The van der Waals surface area contributed by atoms with Crippen LogP contribution >= 0.6 is 0 Å². The van der Waals surface area contributed by atoms with Crippen LogP contribution in [0.2, 0.25) is 0 Å². The van der Waals surface area contributed by atoms with Gasteiger partial charge in [0.15, 0.2) is 0 Å². The molecule has 1 N–H and O–H groups in total. The molecule has 0 aromatic heterocycles. The number of urea groups is 1. The highest BCUT2D eigenvalue weighted by Gasteiger charge is 2.25. The van der Waals surface area contributed by atoms with Crippen molar-refractivity contribution >= 4 is 11.9 Å². The van der Waals surface area contributed by atoms with Crippen LogP contribution in [0.3, 0.4) is 0 Å². The Morgan fingerprint density at radius 1 is 0.960 bits per heavy atom. The highest BCUT2D eigenvalue weighted by Crippen LogP contribution is 2.18. The Morgan fingerprint density at radius 2 is 1.64 bits per heavy atom. The lowest BCUT2D eigenvalue weighted by molar-refractivity contribution is 0.0761. The molecule has 0 radical (unpaired) electrons. The van der Waals surface area contributed by atoms with E-state index in [-0.39, 0.29) is 11.9 Å². The molecule has 0 atom stereocenters. The molecule has 0 unspecified atom stereocenters. The molecule has 1 aliphatic carbocycles. The van der Waals surface area contributed by atoms with Crippen LogP contribution in [0.1, 0.15) is 53.6 Å². The fourth-order valence-corrected chi connectivity index (χ4v) is 3.80. The Labute approximate surface area is 150 Å². The summed E-state index contributed by atoms with van der Waals surface area (Å²) in [7, 11) is 0. The van der Waals surface area contributed by atoms with Gasteiger partial charge in [-0.05, 0) is 44.7 Å². The highest BCUT2D eigenvalue weighted by molar-refractivity contribution is 5.96. The first-order chi connectivity index (χ1) is 12.0. The lowest BCUT2D eigenvalue weighted by atomic mass is 10.0. The van der Waals surface area contributed by atoms with Crippen molar-refractivity contribution in [3.8, 4) is 0 Å². The molecule has 1 aromatic carbocycles. The van der Waals surface area contributed by atoms with Crippen molar-refractivity contribution in [2.24, 2.45) is 0 Å². The minimum Gasteiger partial charge on any atom is -0.337 e. The van der Waals surface area contributed by atoms with E-state index >= 15 is 0 Å². The third-order valence-electron chi connectivity index (χ3n) is 5.38. The molecule has 136 valence electrons. The fraction of sp³-hybridized carbons (Fsp3) is 0.600. The van der Waals surface area contributed by atoms with Gasteiger partial charge in [0.2, 0.25) is 0 Å². The normalized spacial score (nSPS) is 19.0. The molecule has 2 aliphatic rings. The van der Waals surface area contributed by atoms with Crippen LogP contribution in [-0.2, 0) is 0 Å². The van der Waals surface area contributed by atoms with E-state index in [0.717, 1.165) is 42.5 Å². The molecule has 1 saturated carbocycles. The lowest BCUT2D eigenvalue weighted by Gasteiger charge is -2.24. The zero-order valence-corrected chi connectivity index (χ0v) is 15.4. The van der Waals surface area contributed by atoms with Crippen molar-refractivity contribution in [3.05, 3.63) is 34.9 Å². The minimum atomic E-state index is 0.0351. The SMILES string of the molecule is Cc1ccc(C)c(C(=O)N2CCCN(C(=O)NC3CCCC3)CC2)c1. The predicted octanol–water partition coefficient (Wildman–Crippen LogP) is 3.10. The third kappa shape index (κ3) is 4.33. The molecular weight excluding hydrogens is 314 g/mol. The Kier molecular flexibility index (Phi) is 5.61. The number of carbonyl (C=O) groups is 2. The Balaban J connectivity index is 1.60. The first-order valence-electron chi connectivity index (χ1n) is 9.46. The summed E-state index contributed by atoms with van der Waals surface area (Å²) in [6.07, 6.45) is 5.44. The summed E-state index contributed by atoms with van der Waals surface area (Å²) in [5.41, 5.74) is 2.89. The number of rotatable bonds is 2. The monoisotopic (exact) mass is 343 g/mol. The average Bonchev–Trinajstić information content (AvgIpc) is 2.97. The number of benzene rings is 1. The largest absolute Gasteiger partial charge is 0.337 e. The zero-order valence-electron chi connectivity index (χ0n) is 15.4. The summed E-state index contributed by atoms with van der Waals surface area (Å²) in [5.74, 6) is 0.0826. The summed E-state index contributed by atoms with van der Waals surface area (Å²) in [6.45, 7) is 6.62. The number of hydrogen-bond acceptors (Lipinski definition) is 2. The van der Waals surface area contributed by atoms with Gasteiger partial charge in [0.1, 0.15) is 0 Å². The van der Waals surface area contributed by atoms with Crippen molar-refractivity contribution < 1.29 is 9.59 Å². The molecule has 1 saturated heterocycles.